The lowest BCUT2D eigenvalue weighted by Crippen LogP contribution is -2.13. The van der Waals surface area contributed by atoms with Crippen LogP contribution in [0.2, 0.25) is 0 Å². The average molecular weight is 524 g/mol. The molecule has 0 radical (unpaired) electrons. The highest BCUT2D eigenvalue weighted by Crippen LogP contribution is 2.32. The Morgan fingerprint density at radius 2 is 1.65 bits per heavy atom. The van der Waals surface area contributed by atoms with Crippen LogP contribution in [0.4, 0.5) is 5.82 Å². The molecule has 2 aromatic carbocycles. The van der Waals surface area contributed by atoms with Gasteiger partial charge >= 0.3 is 0 Å². The first-order valence-corrected chi connectivity index (χ1v) is 12.8. The van der Waals surface area contributed by atoms with Gasteiger partial charge in [0.25, 0.3) is 5.91 Å². The Labute approximate surface area is 231 Å². The summed E-state index contributed by atoms with van der Waals surface area (Å²) >= 11 is 0. The molecule has 0 aliphatic rings. The molecule has 4 heterocycles. The molecule has 0 bridgehead atoms. The number of benzene rings is 2. The number of nitriles is 1. The summed E-state index contributed by atoms with van der Waals surface area (Å²) < 4.78 is 1.94. The first-order valence-electron chi connectivity index (χ1n) is 12.8. The summed E-state index contributed by atoms with van der Waals surface area (Å²) in [5, 5.41) is 19.1. The standard InChI is InChI=1S/C32H25N7O/c1-20-27-18-35-28-10-4-22(23-5-11-29(36-17-23)37-31(40)21-12-14-34-15-13-21)16-26(28)30(27)39(38-20)25-8-6-24(7-9-25)32(2,3)19-33/h4-18H,1-3H3,(H,36,37,40). The molecule has 0 aliphatic heterocycles. The lowest BCUT2D eigenvalue weighted by molar-refractivity contribution is 0.102. The van der Waals surface area contributed by atoms with Crippen LogP contribution in [-0.4, -0.2) is 30.6 Å². The van der Waals surface area contributed by atoms with Crippen LogP contribution in [0.1, 0.15) is 35.5 Å². The Bertz CT molecular complexity index is 1920. The van der Waals surface area contributed by atoms with Crippen molar-refractivity contribution < 1.29 is 4.79 Å². The number of amides is 1. The molecule has 0 saturated heterocycles. The molecule has 4 aromatic heterocycles. The SMILES string of the molecule is Cc1nn(-c2ccc(C(C)(C)C#N)cc2)c2c1cnc1ccc(-c3ccc(NC(=O)c4ccncc4)nc3)cc12. The largest absolute Gasteiger partial charge is 0.307 e. The Morgan fingerprint density at radius 1 is 0.900 bits per heavy atom. The van der Waals surface area contributed by atoms with E-state index < -0.39 is 5.41 Å². The molecule has 194 valence electrons. The molecule has 1 amide bonds. The molecular weight excluding hydrogens is 498 g/mol. The van der Waals surface area contributed by atoms with Gasteiger partial charge in [-0.3, -0.25) is 14.8 Å². The number of anilines is 1. The minimum atomic E-state index is -0.572. The number of carbonyl (C=O) groups is 1. The van der Waals surface area contributed by atoms with Crippen LogP contribution in [0, 0.1) is 18.3 Å². The minimum absolute atomic E-state index is 0.241. The van der Waals surface area contributed by atoms with E-state index in [1.807, 2.05) is 74.1 Å². The average Bonchev–Trinajstić information content (AvgIpc) is 3.34. The van der Waals surface area contributed by atoms with Gasteiger partial charge in [-0.25, -0.2) is 9.67 Å². The Hall–Kier alpha value is -5.42. The third-order valence-electron chi connectivity index (χ3n) is 7.09. The van der Waals surface area contributed by atoms with E-state index in [4.69, 9.17) is 5.10 Å². The van der Waals surface area contributed by atoms with Gasteiger partial charge in [-0.1, -0.05) is 18.2 Å². The number of pyridine rings is 3. The predicted octanol–water partition coefficient (Wildman–Crippen LogP) is 6.39. The molecule has 0 saturated carbocycles. The van der Waals surface area contributed by atoms with Crippen molar-refractivity contribution >= 4 is 33.5 Å². The molecule has 40 heavy (non-hydrogen) atoms. The van der Waals surface area contributed by atoms with E-state index in [0.717, 1.165) is 49.9 Å². The number of carbonyl (C=O) groups excluding carboxylic acids is 1. The monoisotopic (exact) mass is 523 g/mol. The minimum Gasteiger partial charge on any atom is -0.307 e. The molecule has 6 aromatic rings. The first-order chi connectivity index (χ1) is 19.3. The van der Waals surface area contributed by atoms with Gasteiger partial charge in [0.1, 0.15) is 5.82 Å². The molecule has 1 N–H and O–H groups in total. The van der Waals surface area contributed by atoms with Crippen molar-refractivity contribution in [1.29, 1.82) is 5.26 Å². The molecule has 0 spiro atoms. The van der Waals surface area contributed by atoms with Gasteiger partial charge in [0, 0.05) is 46.7 Å². The van der Waals surface area contributed by atoms with Gasteiger partial charge in [0.15, 0.2) is 0 Å². The van der Waals surface area contributed by atoms with Crippen molar-refractivity contribution in [2.24, 2.45) is 0 Å². The molecular formula is C32H25N7O. The van der Waals surface area contributed by atoms with E-state index in [2.05, 4.69) is 32.4 Å². The number of rotatable bonds is 5. The highest BCUT2D eigenvalue weighted by molar-refractivity contribution is 6.06. The van der Waals surface area contributed by atoms with Crippen molar-refractivity contribution in [3.63, 3.8) is 0 Å². The fraction of sp³-hybridized carbons (Fsp3) is 0.125. The second-order valence-corrected chi connectivity index (χ2v) is 10.2. The summed E-state index contributed by atoms with van der Waals surface area (Å²) in [4.78, 5) is 25.6. The molecule has 8 heteroatoms. The summed E-state index contributed by atoms with van der Waals surface area (Å²) in [6, 6.07) is 23.5. The molecule has 0 aliphatic carbocycles. The van der Waals surface area contributed by atoms with Gasteiger partial charge in [-0.2, -0.15) is 10.4 Å². The Balaban J connectivity index is 1.38. The number of aromatic nitrogens is 5. The summed E-state index contributed by atoms with van der Waals surface area (Å²) in [7, 11) is 0. The van der Waals surface area contributed by atoms with Gasteiger partial charge in [0.2, 0.25) is 0 Å². The van der Waals surface area contributed by atoms with E-state index in [-0.39, 0.29) is 5.91 Å². The zero-order chi connectivity index (χ0) is 27.9. The molecule has 0 fully saturated rings. The first kappa shape index (κ1) is 24.9. The van der Waals surface area contributed by atoms with E-state index in [0.29, 0.717) is 11.4 Å². The molecule has 0 unspecified atom stereocenters. The van der Waals surface area contributed by atoms with Gasteiger partial charge in [-0.05, 0) is 80.4 Å². The van der Waals surface area contributed by atoms with E-state index >= 15 is 0 Å². The normalized spacial score (nSPS) is 11.4. The Kier molecular flexibility index (Phi) is 6.04. The van der Waals surface area contributed by atoms with Crippen LogP contribution in [0.3, 0.4) is 0 Å². The number of hydrogen-bond donors (Lipinski definition) is 1. The zero-order valence-electron chi connectivity index (χ0n) is 22.3. The highest BCUT2D eigenvalue weighted by atomic mass is 16.1. The van der Waals surface area contributed by atoms with Gasteiger partial charge < -0.3 is 5.32 Å². The fourth-order valence-electron chi connectivity index (χ4n) is 4.71. The van der Waals surface area contributed by atoms with Crippen molar-refractivity contribution in [3.8, 4) is 22.9 Å². The maximum Gasteiger partial charge on any atom is 0.256 e. The van der Waals surface area contributed by atoms with Crippen molar-refractivity contribution in [3.05, 3.63) is 108 Å². The van der Waals surface area contributed by atoms with Crippen LogP contribution in [0.15, 0.2) is 91.5 Å². The maximum absolute atomic E-state index is 12.5. The van der Waals surface area contributed by atoms with E-state index in [1.165, 1.54) is 0 Å². The number of nitrogens with one attached hydrogen (secondary N) is 1. The number of hydrogen-bond acceptors (Lipinski definition) is 6. The predicted molar refractivity (Wildman–Crippen MR) is 155 cm³/mol. The quantitative estimate of drug-likeness (QED) is 0.280. The number of nitrogens with zero attached hydrogens (tertiary/aromatic N) is 6. The van der Waals surface area contributed by atoms with Crippen molar-refractivity contribution in [1.82, 2.24) is 24.7 Å². The second-order valence-electron chi connectivity index (χ2n) is 10.2. The van der Waals surface area contributed by atoms with Crippen molar-refractivity contribution in [2.45, 2.75) is 26.2 Å². The lowest BCUT2D eigenvalue weighted by atomic mass is 9.86. The topological polar surface area (TPSA) is 109 Å². The van der Waals surface area contributed by atoms with Crippen LogP contribution >= 0.6 is 0 Å². The van der Waals surface area contributed by atoms with E-state index in [9.17, 15) is 10.1 Å². The molecule has 0 atom stereocenters. The number of aryl methyl sites for hydroxylation is 1. The summed E-state index contributed by atoms with van der Waals surface area (Å²) in [5.41, 5.74) is 6.38. The number of fused-ring (bicyclic) bond motifs is 3. The van der Waals surface area contributed by atoms with Crippen LogP contribution < -0.4 is 5.32 Å². The molecule has 8 nitrogen and oxygen atoms in total. The smallest absolute Gasteiger partial charge is 0.256 e. The summed E-state index contributed by atoms with van der Waals surface area (Å²) in [5.74, 6) is 0.224. The summed E-state index contributed by atoms with van der Waals surface area (Å²) in [6.07, 6.45) is 6.77. The third-order valence-corrected chi connectivity index (χ3v) is 7.09. The third kappa shape index (κ3) is 4.44. The second kappa shape index (κ2) is 9.71. The maximum atomic E-state index is 12.5. The lowest BCUT2D eigenvalue weighted by Gasteiger charge is -2.16. The van der Waals surface area contributed by atoms with Crippen molar-refractivity contribution in [2.75, 3.05) is 5.32 Å². The van der Waals surface area contributed by atoms with Crippen LogP contribution in [0.5, 0.6) is 0 Å². The zero-order valence-corrected chi connectivity index (χ0v) is 22.3. The Morgan fingerprint density at radius 3 is 2.35 bits per heavy atom. The van der Waals surface area contributed by atoms with E-state index in [1.54, 1.807) is 36.8 Å². The van der Waals surface area contributed by atoms with Gasteiger partial charge in [0.05, 0.1) is 33.9 Å². The molecule has 6 rings (SSSR count). The summed E-state index contributed by atoms with van der Waals surface area (Å²) in [6.45, 7) is 5.80. The highest BCUT2D eigenvalue weighted by Gasteiger charge is 2.20. The van der Waals surface area contributed by atoms with Crippen LogP contribution in [-0.2, 0) is 5.41 Å². The van der Waals surface area contributed by atoms with Gasteiger partial charge in [-0.15, -0.1) is 0 Å². The van der Waals surface area contributed by atoms with Crippen LogP contribution in [0.25, 0.3) is 38.6 Å². The fourth-order valence-corrected chi connectivity index (χ4v) is 4.71.